The van der Waals surface area contributed by atoms with Gasteiger partial charge in [-0.25, -0.2) is 4.98 Å². The minimum absolute atomic E-state index is 0.594. The third-order valence-corrected chi connectivity index (χ3v) is 10.7. The van der Waals surface area contributed by atoms with Crippen molar-refractivity contribution in [2.24, 2.45) is 0 Å². The molecule has 2 aromatic heterocycles. The molecule has 2 heterocycles. The SMILES string of the molecule is c1ccc(-c2nc3cc4c(cc3o2)oc2ccc(N(c3cccc(-c5cccc6ccccc56)c3)c3cccc(-c5cccc6ccccc56)c3)cc24)cc1. The van der Waals surface area contributed by atoms with E-state index in [9.17, 15) is 0 Å². The molecule has 0 unspecified atom stereocenters. The molecule has 0 amide bonds. The summed E-state index contributed by atoms with van der Waals surface area (Å²) in [5, 5.41) is 6.91. The van der Waals surface area contributed by atoms with Gasteiger partial charge in [-0.15, -0.1) is 0 Å². The number of aromatic nitrogens is 1. The Labute approximate surface area is 317 Å². The fourth-order valence-corrected chi connectivity index (χ4v) is 8.06. The molecule has 0 bridgehead atoms. The van der Waals surface area contributed by atoms with Crippen LogP contribution in [0, 0.1) is 0 Å². The molecular weight excluding hydrogens is 673 g/mol. The molecular formula is C51H32N2O2. The Hall–Kier alpha value is -7.43. The maximum atomic E-state index is 6.45. The number of rotatable bonds is 6. The van der Waals surface area contributed by atoms with Gasteiger partial charge in [-0.3, -0.25) is 0 Å². The van der Waals surface area contributed by atoms with Crippen LogP contribution >= 0.6 is 0 Å². The largest absolute Gasteiger partial charge is 0.456 e. The normalized spacial score (nSPS) is 11.6. The summed E-state index contributed by atoms with van der Waals surface area (Å²) in [6.07, 6.45) is 0. The Balaban J connectivity index is 1.10. The van der Waals surface area contributed by atoms with Crippen LogP contribution in [0.25, 0.3) is 88.3 Å². The highest BCUT2D eigenvalue weighted by Crippen LogP contribution is 2.43. The summed E-state index contributed by atoms with van der Waals surface area (Å²) < 4.78 is 12.7. The van der Waals surface area contributed by atoms with Crippen molar-refractivity contribution < 1.29 is 8.83 Å². The van der Waals surface area contributed by atoms with Gasteiger partial charge in [0.25, 0.3) is 0 Å². The smallest absolute Gasteiger partial charge is 0.227 e. The van der Waals surface area contributed by atoms with E-state index in [0.717, 1.165) is 61.2 Å². The molecule has 0 atom stereocenters. The number of hydrogen-bond acceptors (Lipinski definition) is 4. The Bertz CT molecular complexity index is 3100. The number of nitrogens with zero attached hydrogens (tertiary/aromatic N) is 2. The molecule has 9 aromatic carbocycles. The van der Waals surface area contributed by atoms with E-state index in [1.165, 1.54) is 32.7 Å². The zero-order chi connectivity index (χ0) is 36.3. The van der Waals surface area contributed by atoms with Gasteiger partial charge in [-0.1, -0.05) is 127 Å². The van der Waals surface area contributed by atoms with E-state index in [1.54, 1.807) is 0 Å². The first-order valence-electron chi connectivity index (χ1n) is 18.5. The van der Waals surface area contributed by atoms with E-state index >= 15 is 0 Å². The van der Waals surface area contributed by atoms with Crippen molar-refractivity contribution in [2.75, 3.05) is 4.90 Å². The standard InChI is InChI=1S/C51H32N2O2/c1-2-14-35(15-3-1)51-52-47-31-46-45-30-40(26-27-48(45)54-49(46)32-50(47)55-51)53(38-20-8-18-36(28-38)43-24-10-16-33-12-4-6-22-41(33)43)39-21-9-19-37(29-39)44-25-11-17-34-13-5-7-23-42(34)44/h1-32H. The van der Waals surface area contributed by atoms with Gasteiger partial charge in [0.15, 0.2) is 5.58 Å². The van der Waals surface area contributed by atoms with Crippen LogP contribution < -0.4 is 4.90 Å². The van der Waals surface area contributed by atoms with Gasteiger partial charge in [-0.2, -0.15) is 0 Å². The van der Waals surface area contributed by atoms with Gasteiger partial charge in [0.2, 0.25) is 5.89 Å². The van der Waals surface area contributed by atoms with Crippen molar-refractivity contribution in [3.63, 3.8) is 0 Å². The Morgan fingerprint density at radius 3 is 1.56 bits per heavy atom. The van der Waals surface area contributed by atoms with Crippen LogP contribution in [0.1, 0.15) is 0 Å². The van der Waals surface area contributed by atoms with Crippen molar-refractivity contribution in [1.82, 2.24) is 4.98 Å². The van der Waals surface area contributed by atoms with E-state index in [0.29, 0.717) is 11.5 Å². The summed E-state index contributed by atoms with van der Waals surface area (Å²) >= 11 is 0. The van der Waals surface area contributed by atoms with Crippen molar-refractivity contribution in [1.29, 1.82) is 0 Å². The molecule has 11 aromatic rings. The quantitative estimate of drug-likeness (QED) is 0.173. The lowest BCUT2D eigenvalue weighted by atomic mass is 9.97. The number of fused-ring (bicyclic) bond motifs is 6. The van der Waals surface area contributed by atoms with Crippen molar-refractivity contribution >= 4 is 71.6 Å². The van der Waals surface area contributed by atoms with Crippen LogP contribution in [0.2, 0.25) is 0 Å². The number of furan rings is 1. The lowest BCUT2D eigenvalue weighted by Crippen LogP contribution is -2.10. The number of anilines is 3. The summed E-state index contributed by atoms with van der Waals surface area (Å²) in [5.74, 6) is 0.594. The molecule has 0 spiro atoms. The molecule has 4 nitrogen and oxygen atoms in total. The van der Waals surface area contributed by atoms with E-state index in [4.69, 9.17) is 13.8 Å². The second kappa shape index (κ2) is 12.6. The third-order valence-electron chi connectivity index (χ3n) is 10.7. The van der Waals surface area contributed by atoms with Gasteiger partial charge in [0, 0.05) is 39.5 Å². The van der Waals surface area contributed by atoms with Gasteiger partial charge >= 0.3 is 0 Å². The third kappa shape index (κ3) is 5.34. The molecule has 0 aliphatic rings. The Morgan fingerprint density at radius 1 is 0.345 bits per heavy atom. The van der Waals surface area contributed by atoms with Crippen LogP contribution in [0.3, 0.4) is 0 Å². The van der Waals surface area contributed by atoms with Crippen LogP contribution in [0.15, 0.2) is 203 Å². The predicted molar refractivity (Wildman–Crippen MR) is 227 cm³/mol. The highest BCUT2D eigenvalue weighted by atomic mass is 16.4. The summed E-state index contributed by atoms with van der Waals surface area (Å²) in [6.45, 7) is 0. The molecule has 0 aliphatic heterocycles. The topological polar surface area (TPSA) is 42.4 Å². The van der Waals surface area contributed by atoms with Gasteiger partial charge in [0.05, 0.1) is 0 Å². The Kier molecular flexibility index (Phi) is 7.14. The number of oxazole rings is 1. The van der Waals surface area contributed by atoms with Crippen LogP contribution in [0.5, 0.6) is 0 Å². The van der Waals surface area contributed by atoms with Crippen LogP contribution in [-0.4, -0.2) is 4.98 Å². The maximum Gasteiger partial charge on any atom is 0.227 e. The fraction of sp³-hybridized carbons (Fsp3) is 0. The second-order valence-electron chi connectivity index (χ2n) is 14.0. The van der Waals surface area contributed by atoms with Gasteiger partial charge in [-0.05, 0) is 104 Å². The van der Waals surface area contributed by atoms with E-state index in [2.05, 4.69) is 163 Å². The molecule has 0 saturated heterocycles. The fourth-order valence-electron chi connectivity index (χ4n) is 8.06. The zero-order valence-electron chi connectivity index (χ0n) is 29.7. The monoisotopic (exact) mass is 704 g/mol. The van der Waals surface area contributed by atoms with Crippen molar-refractivity contribution in [2.45, 2.75) is 0 Å². The molecule has 4 heteroatoms. The van der Waals surface area contributed by atoms with Gasteiger partial charge in [0.1, 0.15) is 16.7 Å². The average molecular weight is 705 g/mol. The minimum atomic E-state index is 0.594. The molecule has 0 fully saturated rings. The molecule has 258 valence electrons. The first-order chi connectivity index (χ1) is 27.2. The van der Waals surface area contributed by atoms with Crippen molar-refractivity contribution in [3.8, 4) is 33.7 Å². The minimum Gasteiger partial charge on any atom is -0.456 e. The van der Waals surface area contributed by atoms with Crippen LogP contribution in [0.4, 0.5) is 17.1 Å². The lowest BCUT2D eigenvalue weighted by molar-refractivity contribution is 0.617. The first kappa shape index (κ1) is 31.1. The molecule has 0 N–H and O–H groups in total. The molecule has 0 radical (unpaired) electrons. The van der Waals surface area contributed by atoms with Crippen molar-refractivity contribution in [3.05, 3.63) is 194 Å². The lowest BCUT2D eigenvalue weighted by Gasteiger charge is -2.27. The number of benzene rings is 9. The maximum absolute atomic E-state index is 6.45. The summed E-state index contributed by atoms with van der Waals surface area (Å²) in [5.41, 5.74) is 11.8. The Morgan fingerprint density at radius 2 is 0.891 bits per heavy atom. The summed E-state index contributed by atoms with van der Waals surface area (Å²) in [6, 6.07) is 68.4. The molecule has 0 aliphatic carbocycles. The van der Waals surface area contributed by atoms with E-state index in [-0.39, 0.29) is 0 Å². The van der Waals surface area contributed by atoms with E-state index < -0.39 is 0 Å². The number of hydrogen-bond donors (Lipinski definition) is 0. The van der Waals surface area contributed by atoms with Gasteiger partial charge < -0.3 is 13.7 Å². The highest BCUT2D eigenvalue weighted by Gasteiger charge is 2.19. The summed E-state index contributed by atoms with van der Waals surface area (Å²) in [4.78, 5) is 7.22. The predicted octanol–water partition coefficient (Wildman–Crippen LogP) is 14.5. The van der Waals surface area contributed by atoms with Crippen LogP contribution in [-0.2, 0) is 0 Å². The first-order valence-corrected chi connectivity index (χ1v) is 18.5. The molecule has 0 saturated carbocycles. The summed E-state index contributed by atoms with van der Waals surface area (Å²) in [7, 11) is 0. The van der Waals surface area contributed by atoms with E-state index in [1.807, 2.05) is 36.4 Å². The average Bonchev–Trinajstić information content (AvgIpc) is 3.83. The molecule has 11 rings (SSSR count). The molecule has 55 heavy (non-hydrogen) atoms. The zero-order valence-corrected chi connectivity index (χ0v) is 29.7. The highest BCUT2D eigenvalue weighted by molar-refractivity contribution is 6.10. The second-order valence-corrected chi connectivity index (χ2v) is 14.0.